The van der Waals surface area contributed by atoms with Gasteiger partial charge in [-0.05, 0) is 112 Å². The van der Waals surface area contributed by atoms with Crippen molar-refractivity contribution in [3.63, 3.8) is 0 Å². The monoisotopic (exact) mass is 655 g/mol. The number of imidazole rings is 1. The first-order valence-electron chi connectivity index (χ1n) is 17.7. The van der Waals surface area contributed by atoms with Gasteiger partial charge in [0.05, 0.1) is 16.6 Å². The summed E-state index contributed by atoms with van der Waals surface area (Å²) in [7, 11) is 0. The number of aromatic nitrogens is 2. The van der Waals surface area contributed by atoms with Crippen LogP contribution in [0.15, 0.2) is 176 Å². The topological polar surface area (TPSA) is 20.5 Å². The Kier molecular flexibility index (Phi) is 7.67. The molecular weight excluding hydrogens is 619 g/mol. The number of hydrogen-bond donors (Lipinski definition) is 0. The van der Waals surface area contributed by atoms with E-state index in [-0.39, 0.29) is 0 Å². The van der Waals surface area contributed by atoms with E-state index < -0.39 is 0 Å². The molecule has 0 saturated carbocycles. The summed E-state index contributed by atoms with van der Waals surface area (Å²) in [4.78, 5) is 7.59. The number of nitrogens with zero attached hydrogens (tertiary/aromatic N) is 3. The largest absolute Gasteiger partial charge is 0.310 e. The molecule has 2 aromatic heterocycles. The molecular formula is C48H37N3. The number of benzene rings is 7. The van der Waals surface area contributed by atoms with Crippen molar-refractivity contribution in [1.82, 2.24) is 9.38 Å². The summed E-state index contributed by atoms with van der Waals surface area (Å²) in [6.07, 6.45) is 7.57. The van der Waals surface area contributed by atoms with Crippen molar-refractivity contribution in [2.45, 2.75) is 20.3 Å². The lowest BCUT2D eigenvalue weighted by Gasteiger charge is -2.26. The Morgan fingerprint density at radius 2 is 1.22 bits per heavy atom. The molecule has 0 saturated heterocycles. The van der Waals surface area contributed by atoms with Gasteiger partial charge in [0.15, 0.2) is 0 Å². The zero-order chi connectivity index (χ0) is 34.3. The standard InChI is InChI=1S/C48H37N3/c1-3-12-33(13-4-2)35-20-24-39(25-21-35)50(40-26-22-36(23-27-40)34-14-6-5-7-15-34)41-28-29-42-43-30-37-16-8-9-17-38(37)31-44(43)48-49-45-18-10-11-19-46(45)51(48)47(42)32-41/h3,5-32H,4H2,1-2H3/b12-3-,33-13+. The van der Waals surface area contributed by atoms with E-state index in [9.17, 15) is 0 Å². The molecule has 0 N–H and O–H groups in total. The van der Waals surface area contributed by atoms with Crippen LogP contribution in [-0.2, 0) is 0 Å². The van der Waals surface area contributed by atoms with Gasteiger partial charge in [0, 0.05) is 27.8 Å². The zero-order valence-corrected chi connectivity index (χ0v) is 28.8. The smallest absolute Gasteiger partial charge is 0.146 e. The van der Waals surface area contributed by atoms with Crippen LogP contribution >= 0.6 is 0 Å². The van der Waals surface area contributed by atoms with Crippen molar-refractivity contribution in [2.75, 3.05) is 4.90 Å². The number of hydrogen-bond acceptors (Lipinski definition) is 2. The molecule has 9 aromatic rings. The Balaban J connectivity index is 1.28. The van der Waals surface area contributed by atoms with Crippen molar-refractivity contribution in [1.29, 1.82) is 0 Å². The summed E-state index contributed by atoms with van der Waals surface area (Å²) >= 11 is 0. The van der Waals surface area contributed by atoms with Crippen molar-refractivity contribution in [3.8, 4) is 11.1 Å². The van der Waals surface area contributed by atoms with E-state index in [0.717, 1.165) is 51.1 Å². The molecule has 0 amide bonds. The van der Waals surface area contributed by atoms with Gasteiger partial charge in [-0.25, -0.2) is 4.98 Å². The average Bonchev–Trinajstić information content (AvgIpc) is 3.59. The first-order chi connectivity index (χ1) is 25.2. The van der Waals surface area contributed by atoms with Gasteiger partial charge >= 0.3 is 0 Å². The zero-order valence-electron chi connectivity index (χ0n) is 28.8. The predicted octanol–water partition coefficient (Wildman–Crippen LogP) is 13.5. The van der Waals surface area contributed by atoms with Crippen LogP contribution < -0.4 is 4.90 Å². The Morgan fingerprint density at radius 1 is 0.588 bits per heavy atom. The number of allylic oxidation sites excluding steroid dienone is 4. The van der Waals surface area contributed by atoms with Crippen molar-refractivity contribution < 1.29 is 0 Å². The third-order valence-corrected chi connectivity index (χ3v) is 9.92. The minimum atomic E-state index is 0.976. The fourth-order valence-electron chi connectivity index (χ4n) is 7.54. The number of pyridine rings is 1. The molecule has 244 valence electrons. The summed E-state index contributed by atoms with van der Waals surface area (Å²) < 4.78 is 2.35. The van der Waals surface area contributed by atoms with E-state index in [1.807, 2.05) is 0 Å². The first kappa shape index (κ1) is 30.6. The minimum Gasteiger partial charge on any atom is -0.310 e. The molecule has 0 atom stereocenters. The molecule has 51 heavy (non-hydrogen) atoms. The molecule has 7 aromatic carbocycles. The highest BCUT2D eigenvalue weighted by molar-refractivity contribution is 6.18. The van der Waals surface area contributed by atoms with Crippen LogP contribution in [0.2, 0.25) is 0 Å². The fraction of sp³-hybridized carbons (Fsp3) is 0.0625. The summed E-state index contributed by atoms with van der Waals surface area (Å²) in [5.41, 5.74) is 12.3. The third-order valence-electron chi connectivity index (χ3n) is 9.92. The summed E-state index contributed by atoms with van der Waals surface area (Å²) in [6.45, 7) is 4.26. The van der Waals surface area contributed by atoms with E-state index in [2.05, 4.69) is 199 Å². The molecule has 0 bridgehead atoms. The van der Waals surface area contributed by atoms with Crippen LogP contribution in [0.1, 0.15) is 25.8 Å². The molecule has 0 unspecified atom stereocenters. The van der Waals surface area contributed by atoms with Gasteiger partial charge in [0.2, 0.25) is 0 Å². The molecule has 0 aliphatic heterocycles. The highest BCUT2D eigenvalue weighted by atomic mass is 15.1. The van der Waals surface area contributed by atoms with E-state index in [0.29, 0.717) is 0 Å². The molecule has 0 spiro atoms. The number of fused-ring (bicyclic) bond motifs is 9. The van der Waals surface area contributed by atoms with Gasteiger partial charge < -0.3 is 4.90 Å². The van der Waals surface area contributed by atoms with Crippen molar-refractivity contribution in [2.24, 2.45) is 0 Å². The molecule has 0 aliphatic rings. The molecule has 0 aliphatic carbocycles. The van der Waals surface area contributed by atoms with Gasteiger partial charge in [-0.3, -0.25) is 4.40 Å². The van der Waals surface area contributed by atoms with Gasteiger partial charge in [-0.15, -0.1) is 0 Å². The van der Waals surface area contributed by atoms with E-state index in [1.54, 1.807) is 0 Å². The molecule has 2 heterocycles. The van der Waals surface area contributed by atoms with E-state index >= 15 is 0 Å². The lowest BCUT2D eigenvalue weighted by atomic mass is 10.00. The van der Waals surface area contributed by atoms with Gasteiger partial charge in [-0.2, -0.15) is 0 Å². The first-order valence-corrected chi connectivity index (χ1v) is 17.7. The van der Waals surface area contributed by atoms with Crippen LogP contribution in [-0.4, -0.2) is 9.38 Å². The van der Waals surface area contributed by atoms with Crippen LogP contribution in [0.3, 0.4) is 0 Å². The maximum absolute atomic E-state index is 5.22. The van der Waals surface area contributed by atoms with Crippen LogP contribution in [0.25, 0.3) is 65.8 Å². The highest BCUT2D eigenvalue weighted by Crippen LogP contribution is 2.41. The highest BCUT2D eigenvalue weighted by Gasteiger charge is 2.19. The van der Waals surface area contributed by atoms with Gasteiger partial charge in [0.1, 0.15) is 5.65 Å². The molecule has 3 nitrogen and oxygen atoms in total. The summed E-state index contributed by atoms with van der Waals surface area (Å²) in [5, 5.41) is 6.01. The molecule has 0 fully saturated rings. The van der Waals surface area contributed by atoms with Gasteiger partial charge in [0.25, 0.3) is 0 Å². The second-order valence-electron chi connectivity index (χ2n) is 13.1. The molecule has 9 rings (SSSR count). The van der Waals surface area contributed by atoms with E-state index in [4.69, 9.17) is 4.98 Å². The minimum absolute atomic E-state index is 0.976. The molecule has 0 radical (unpaired) electrons. The van der Waals surface area contributed by atoms with E-state index in [1.165, 1.54) is 43.8 Å². The summed E-state index contributed by atoms with van der Waals surface area (Å²) in [6, 6.07) is 57.1. The second kappa shape index (κ2) is 12.8. The quantitative estimate of drug-likeness (QED) is 0.0967. The van der Waals surface area contributed by atoms with Gasteiger partial charge in [-0.1, -0.05) is 122 Å². The third kappa shape index (κ3) is 5.35. The lowest BCUT2D eigenvalue weighted by Crippen LogP contribution is -2.10. The van der Waals surface area contributed by atoms with Crippen molar-refractivity contribution >= 4 is 71.8 Å². The molecule has 3 heteroatoms. The summed E-state index contributed by atoms with van der Waals surface area (Å²) in [5.74, 6) is 0. The van der Waals surface area contributed by atoms with Crippen molar-refractivity contribution in [3.05, 3.63) is 182 Å². The maximum atomic E-state index is 5.22. The maximum Gasteiger partial charge on any atom is 0.146 e. The second-order valence-corrected chi connectivity index (χ2v) is 13.1. The van der Waals surface area contributed by atoms with Crippen LogP contribution in [0.4, 0.5) is 17.1 Å². The average molecular weight is 656 g/mol. The lowest BCUT2D eigenvalue weighted by molar-refractivity contribution is 1.23. The SMILES string of the molecule is C/C=C\C(=C/CC)c1ccc(N(c2ccc(-c3ccccc3)cc2)c2ccc3c4cc5ccccc5cc4c4nc5ccccc5n4c3c2)cc1. The Morgan fingerprint density at radius 3 is 1.94 bits per heavy atom. The number of rotatable bonds is 7. The number of para-hydroxylation sites is 2. The van der Waals surface area contributed by atoms with Crippen LogP contribution in [0.5, 0.6) is 0 Å². The Bertz CT molecular complexity index is 2770. The number of anilines is 3. The Hall–Kier alpha value is -6.45. The fourth-order valence-corrected chi connectivity index (χ4v) is 7.54. The van der Waals surface area contributed by atoms with Crippen LogP contribution in [0, 0.1) is 0 Å². The normalized spacial score (nSPS) is 12.2. The Labute approximate surface area is 298 Å². The predicted molar refractivity (Wildman–Crippen MR) is 218 cm³/mol.